The third-order valence-electron chi connectivity index (χ3n) is 5.36. The molecule has 5 rings (SSSR count). The zero-order chi connectivity index (χ0) is 20.2. The van der Waals surface area contributed by atoms with Gasteiger partial charge in [-0.15, -0.1) is 10.2 Å². The van der Waals surface area contributed by atoms with Gasteiger partial charge in [-0.3, -0.25) is 13.5 Å². The van der Waals surface area contributed by atoms with Crippen LogP contribution in [0.3, 0.4) is 0 Å². The van der Waals surface area contributed by atoms with Crippen LogP contribution in [0.4, 0.5) is 0 Å². The lowest BCUT2D eigenvalue weighted by Crippen LogP contribution is -2.32. The first kappa shape index (κ1) is 18.0. The number of rotatable bonds is 3. The molecule has 1 aromatic heterocycles. The van der Waals surface area contributed by atoms with Crippen molar-refractivity contribution in [2.75, 3.05) is 6.54 Å². The molecule has 2 aromatic carbocycles. The van der Waals surface area contributed by atoms with E-state index in [9.17, 15) is 13.2 Å². The van der Waals surface area contributed by atoms with E-state index in [1.165, 1.54) is 12.1 Å². The minimum absolute atomic E-state index is 0.102. The van der Waals surface area contributed by atoms with Gasteiger partial charge in [-0.1, -0.05) is 29.8 Å². The molecule has 0 spiro atoms. The van der Waals surface area contributed by atoms with Gasteiger partial charge in [0, 0.05) is 13.0 Å². The van der Waals surface area contributed by atoms with Crippen LogP contribution in [0.2, 0.25) is 0 Å². The minimum Gasteiger partial charge on any atom is -0.326 e. The summed E-state index contributed by atoms with van der Waals surface area (Å²) in [6, 6.07) is 13.3. The molecule has 148 valence electrons. The monoisotopic (exact) mass is 410 g/mol. The fourth-order valence-corrected chi connectivity index (χ4v) is 5.03. The highest BCUT2D eigenvalue weighted by Gasteiger charge is 2.44. The molecule has 0 aliphatic carbocycles. The average molecular weight is 410 g/mol. The summed E-state index contributed by atoms with van der Waals surface area (Å²) in [7, 11) is -3.94. The second-order valence-corrected chi connectivity index (χ2v) is 8.84. The Bertz CT molecular complexity index is 1200. The Kier molecular flexibility index (Phi) is 4.04. The Morgan fingerprint density at radius 1 is 1.10 bits per heavy atom. The highest BCUT2D eigenvalue weighted by Crippen LogP contribution is 2.39. The number of hydrogen-bond acceptors (Lipinski definition) is 6. The van der Waals surface area contributed by atoms with Crippen molar-refractivity contribution in [3.8, 4) is 5.69 Å². The van der Waals surface area contributed by atoms with Crippen molar-refractivity contribution in [1.82, 2.24) is 19.7 Å². The summed E-state index contributed by atoms with van der Waals surface area (Å²) in [4.78, 5) is 14.9. The van der Waals surface area contributed by atoms with Crippen LogP contribution < -0.4 is 0 Å². The fourth-order valence-electron chi connectivity index (χ4n) is 3.95. The lowest BCUT2D eigenvalue weighted by Gasteiger charge is -2.20. The fraction of sp³-hybridized carbons (Fsp3) is 0.250. The second-order valence-electron chi connectivity index (χ2n) is 7.27. The molecule has 0 radical (unpaired) electrons. The van der Waals surface area contributed by atoms with Crippen molar-refractivity contribution >= 4 is 16.0 Å². The van der Waals surface area contributed by atoms with Gasteiger partial charge in [0.15, 0.2) is 5.82 Å². The Labute approximate surface area is 167 Å². The van der Waals surface area contributed by atoms with E-state index in [1.54, 1.807) is 40.1 Å². The molecule has 2 atom stereocenters. The maximum absolute atomic E-state index is 13.2. The SMILES string of the molecule is Cc1ccc(S(=O)(=O)O[C@@H]2C[C@H]3c4nncn4-c4ccccc4C(=O)N3C2)cc1. The smallest absolute Gasteiger partial charge is 0.297 e. The van der Waals surface area contributed by atoms with Crippen LogP contribution in [0.1, 0.15) is 34.2 Å². The molecular weight excluding hydrogens is 392 g/mol. The molecule has 0 unspecified atom stereocenters. The molecule has 2 aliphatic rings. The van der Waals surface area contributed by atoms with Crippen molar-refractivity contribution in [3.05, 3.63) is 71.8 Å². The number of benzene rings is 2. The lowest BCUT2D eigenvalue weighted by molar-refractivity contribution is 0.0722. The summed E-state index contributed by atoms with van der Waals surface area (Å²) in [5, 5.41) is 8.21. The van der Waals surface area contributed by atoms with Gasteiger partial charge in [0.25, 0.3) is 16.0 Å². The zero-order valence-electron chi connectivity index (χ0n) is 15.6. The van der Waals surface area contributed by atoms with Crippen LogP contribution in [0.5, 0.6) is 0 Å². The molecule has 3 heterocycles. The molecule has 1 fully saturated rings. The Morgan fingerprint density at radius 2 is 1.86 bits per heavy atom. The summed E-state index contributed by atoms with van der Waals surface area (Å²) in [6.45, 7) is 2.05. The predicted molar refractivity (Wildman–Crippen MR) is 103 cm³/mol. The van der Waals surface area contributed by atoms with Crippen LogP contribution in [-0.2, 0) is 14.3 Å². The number of carbonyl (C=O) groups is 1. The second kappa shape index (κ2) is 6.50. The van der Waals surface area contributed by atoms with Crippen LogP contribution >= 0.6 is 0 Å². The summed E-state index contributed by atoms with van der Waals surface area (Å²) in [6.07, 6.45) is 1.23. The number of hydrogen-bond donors (Lipinski definition) is 0. The van der Waals surface area contributed by atoms with E-state index in [1.807, 2.05) is 19.1 Å². The molecule has 3 aromatic rings. The molecule has 0 saturated carbocycles. The first-order valence-corrected chi connectivity index (χ1v) is 10.6. The zero-order valence-corrected chi connectivity index (χ0v) is 16.4. The Balaban J connectivity index is 1.47. The molecule has 8 nitrogen and oxygen atoms in total. The highest BCUT2D eigenvalue weighted by atomic mass is 32.2. The number of amides is 1. The van der Waals surface area contributed by atoms with E-state index in [0.29, 0.717) is 17.8 Å². The van der Waals surface area contributed by atoms with Gasteiger partial charge < -0.3 is 4.90 Å². The minimum atomic E-state index is -3.94. The molecule has 1 saturated heterocycles. The molecule has 0 N–H and O–H groups in total. The number of aromatic nitrogens is 3. The lowest BCUT2D eigenvalue weighted by atomic mass is 10.1. The molecule has 29 heavy (non-hydrogen) atoms. The largest absolute Gasteiger partial charge is 0.326 e. The van der Waals surface area contributed by atoms with E-state index in [2.05, 4.69) is 10.2 Å². The van der Waals surface area contributed by atoms with Crippen molar-refractivity contribution < 1.29 is 17.4 Å². The van der Waals surface area contributed by atoms with E-state index in [4.69, 9.17) is 4.18 Å². The van der Waals surface area contributed by atoms with Crippen LogP contribution in [0.25, 0.3) is 5.69 Å². The number of carbonyl (C=O) groups excluding carboxylic acids is 1. The first-order chi connectivity index (χ1) is 13.9. The van der Waals surface area contributed by atoms with Gasteiger partial charge in [-0.25, -0.2) is 0 Å². The molecular formula is C20H18N4O4S. The van der Waals surface area contributed by atoms with E-state index in [-0.39, 0.29) is 17.3 Å². The Morgan fingerprint density at radius 3 is 2.66 bits per heavy atom. The topological polar surface area (TPSA) is 94.4 Å². The average Bonchev–Trinajstić information content (AvgIpc) is 3.32. The maximum Gasteiger partial charge on any atom is 0.297 e. The molecule has 0 bridgehead atoms. The Hall–Kier alpha value is -3.04. The third kappa shape index (κ3) is 2.93. The highest BCUT2D eigenvalue weighted by molar-refractivity contribution is 7.86. The summed E-state index contributed by atoms with van der Waals surface area (Å²) in [5.74, 6) is 0.428. The molecule has 2 aliphatic heterocycles. The number of fused-ring (bicyclic) bond motifs is 5. The van der Waals surface area contributed by atoms with Crippen molar-refractivity contribution in [1.29, 1.82) is 0 Å². The number of nitrogens with zero attached hydrogens (tertiary/aromatic N) is 4. The molecule has 1 amide bonds. The number of para-hydroxylation sites is 1. The van der Waals surface area contributed by atoms with Crippen LogP contribution in [0.15, 0.2) is 59.8 Å². The van der Waals surface area contributed by atoms with Gasteiger partial charge in [0.2, 0.25) is 0 Å². The quantitative estimate of drug-likeness (QED) is 0.615. The number of aryl methyl sites for hydroxylation is 1. The summed E-state index contributed by atoms with van der Waals surface area (Å²) >= 11 is 0. The van der Waals surface area contributed by atoms with E-state index >= 15 is 0 Å². The summed E-state index contributed by atoms with van der Waals surface area (Å²) < 4.78 is 32.7. The predicted octanol–water partition coefficient (Wildman–Crippen LogP) is 2.25. The van der Waals surface area contributed by atoms with E-state index < -0.39 is 22.3 Å². The standard InChI is InChI=1S/C20H18N4O4S/c1-13-6-8-15(9-7-13)29(26,27)28-14-10-18-19-22-21-12-24(19)17-5-3-2-4-16(17)20(25)23(18)11-14/h2-9,12,14,18H,10-11H2,1H3/t14-,18+/m1/s1. The first-order valence-electron chi connectivity index (χ1n) is 9.24. The van der Waals surface area contributed by atoms with Gasteiger partial charge in [-0.2, -0.15) is 8.42 Å². The van der Waals surface area contributed by atoms with Gasteiger partial charge in [0.1, 0.15) is 6.33 Å². The van der Waals surface area contributed by atoms with Gasteiger partial charge in [0.05, 0.1) is 28.3 Å². The van der Waals surface area contributed by atoms with Crippen molar-refractivity contribution in [2.45, 2.75) is 30.4 Å². The van der Waals surface area contributed by atoms with Crippen LogP contribution in [0, 0.1) is 6.92 Å². The van der Waals surface area contributed by atoms with Crippen LogP contribution in [-0.4, -0.2) is 46.6 Å². The maximum atomic E-state index is 13.2. The van der Waals surface area contributed by atoms with Crippen molar-refractivity contribution in [3.63, 3.8) is 0 Å². The van der Waals surface area contributed by atoms with E-state index in [0.717, 1.165) is 11.3 Å². The molecule has 9 heteroatoms. The van der Waals surface area contributed by atoms with Crippen molar-refractivity contribution in [2.24, 2.45) is 0 Å². The summed E-state index contributed by atoms with van der Waals surface area (Å²) in [5.41, 5.74) is 2.21. The normalized spacial score (nSPS) is 20.7. The third-order valence-corrected chi connectivity index (χ3v) is 6.74. The van der Waals surface area contributed by atoms with Gasteiger partial charge in [-0.05, 0) is 31.2 Å². The van der Waals surface area contributed by atoms with Gasteiger partial charge >= 0.3 is 0 Å².